The molecule has 0 unspecified atom stereocenters. The van der Waals surface area contributed by atoms with Crippen molar-refractivity contribution in [3.63, 3.8) is 0 Å². The Morgan fingerprint density at radius 1 is 1.03 bits per heavy atom. The molecule has 3 aromatic rings. The van der Waals surface area contributed by atoms with Crippen molar-refractivity contribution < 1.29 is 31.8 Å². The number of hydrazone groups is 1. The Labute approximate surface area is 206 Å². The molecule has 180 valence electrons. The van der Waals surface area contributed by atoms with E-state index >= 15 is 0 Å². The highest BCUT2D eigenvalue weighted by Crippen LogP contribution is 2.35. The lowest BCUT2D eigenvalue weighted by atomic mass is 10.1. The lowest BCUT2D eigenvalue weighted by Gasteiger charge is -2.13. The quantitative estimate of drug-likeness (QED) is 0.260. The van der Waals surface area contributed by atoms with Gasteiger partial charge in [-0.1, -0.05) is 40.2 Å². The predicted molar refractivity (Wildman–Crippen MR) is 127 cm³/mol. The molecule has 0 radical (unpaired) electrons. The fraction of sp³-hybridized carbons (Fsp3) is 0.120. The van der Waals surface area contributed by atoms with Gasteiger partial charge < -0.3 is 9.47 Å². The first kappa shape index (κ1) is 24.5. The summed E-state index contributed by atoms with van der Waals surface area (Å²) in [6, 6.07) is 16.4. The van der Waals surface area contributed by atoms with Gasteiger partial charge in [-0.3, -0.25) is 4.79 Å². The smallest absolute Gasteiger partial charge is 0.435 e. The molecular weight excluding hydrogens is 532 g/mol. The largest absolute Gasteiger partial charge is 0.493 e. The van der Waals surface area contributed by atoms with Crippen LogP contribution in [-0.2, 0) is 11.4 Å². The van der Waals surface area contributed by atoms with E-state index in [0.29, 0.717) is 15.8 Å². The number of anilines is 1. The number of carbonyl (C=O) groups is 1. The Morgan fingerprint density at radius 2 is 1.77 bits per heavy atom. The molecule has 10 heteroatoms. The predicted octanol–water partition coefficient (Wildman–Crippen LogP) is 6.52. The summed E-state index contributed by atoms with van der Waals surface area (Å²) >= 11 is 3.24. The highest BCUT2D eigenvalue weighted by atomic mass is 79.9. The Morgan fingerprint density at radius 3 is 2.43 bits per heavy atom. The summed E-state index contributed by atoms with van der Waals surface area (Å²) in [6.45, 7) is 0.0709. The van der Waals surface area contributed by atoms with E-state index in [2.05, 4.69) is 21.0 Å². The van der Waals surface area contributed by atoms with Crippen molar-refractivity contribution in [3.8, 4) is 11.5 Å². The van der Waals surface area contributed by atoms with Gasteiger partial charge in [-0.2, -0.15) is 23.3 Å². The molecule has 0 saturated heterocycles. The molecule has 0 fully saturated rings. The number of methoxy groups -OCH3 is 1. The molecule has 5 nitrogen and oxygen atoms in total. The van der Waals surface area contributed by atoms with E-state index in [9.17, 15) is 22.4 Å². The Hall–Kier alpha value is -3.66. The fourth-order valence-electron chi connectivity index (χ4n) is 3.34. The van der Waals surface area contributed by atoms with Crippen molar-refractivity contribution in [2.24, 2.45) is 5.10 Å². The second kappa shape index (κ2) is 9.91. The first-order valence-corrected chi connectivity index (χ1v) is 11.0. The number of amides is 1. The topological polar surface area (TPSA) is 51.1 Å². The van der Waals surface area contributed by atoms with Crippen LogP contribution in [0.2, 0.25) is 0 Å². The Bertz CT molecular complexity index is 1320. The first-order valence-electron chi connectivity index (χ1n) is 10.2. The van der Waals surface area contributed by atoms with Crippen LogP contribution in [0.3, 0.4) is 0 Å². The van der Waals surface area contributed by atoms with Crippen LogP contribution < -0.4 is 14.5 Å². The molecule has 1 aliphatic rings. The van der Waals surface area contributed by atoms with Gasteiger partial charge in [0.1, 0.15) is 12.4 Å². The number of ether oxygens (including phenoxy) is 2. The number of alkyl halides is 3. The van der Waals surface area contributed by atoms with E-state index in [1.165, 1.54) is 49.6 Å². The van der Waals surface area contributed by atoms with Crippen LogP contribution in [0.25, 0.3) is 6.08 Å². The molecule has 0 N–H and O–H groups in total. The van der Waals surface area contributed by atoms with E-state index in [4.69, 9.17) is 9.47 Å². The Kier molecular flexibility index (Phi) is 6.93. The second-order valence-electron chi connectivity index (χ2n) is 7.43. The third-order valence-electron chi connectivity index (χ3n) is 5.01. The summed E-state index contributed by atoms with van der Waals surface area (Å²) in [5.41, 5.74) is -0.762. The summed E-state index contributed by atoms with van der Waals surface area (Å²) in [7, 11) is 1.42. The number of benzene rings is 3. The maximum absolute atomic E-state index is 13.8. The fourth-order valence-corrected chi connectivity index (χ4v) is 3.73. The number of carbonyl (C=O) groups excluding carboxylic acids is 1. The first-order chi connectivity index (χ1) is 16.7. The number of nitrogens with zero attached hydrogens (tertiary/aromatic N) is 2. The van der Waals surface area contributed by atoms with Gasteiger partial charge in [0.2, 0.25) is 0 Å². The van der Waals surface area contributed by atoms with Gasteiger partial charge in [-0.25, -0.2) is 4.39 Å². The summed E-state index contributed by atoms with van der Waals surface area (Å²) in [5.74, 6) is -0.723. The molecule has 0 bridgehead atoms. The van der Waals surface area contributed by atoms with Crippen molar-refractivity contribution in [1.82, 2.24) is 0 Å². The van der Waals surface area contributed by atoms with Gasteiger partial charge in [-0.05, 0) is 59.7 Å². The van der Waals surface area contributed by atoms with E-state index in [0.717, 1.165) is 11.1 Å². The van der Waals surface area contributed by atoms with Gasteiger partial charge in [0.15, 0.2) is 17.2 Å². The Balaban J connectivity index is 1.67. The van der Waals surface area contributed by atoms with Gasteiger partial charge in [-0.15, -0.1) is 0 Å². The molecular formula is C25H17BrF4N2O3. The molecule has 0 saturated carbocycles. The van der Waals surface area contributed by atoms with Gasteiger partial charge in [0, 0.05) is 4.47 Å². The maximum atomic E-state index is 13.8. The maximum Gasteiger partial charge on any atom is 0.435 e. The molecule has 0 spiro atoms. The van der Waals surface area contributed by atoms with Crippen LogP contribution in [0.15, 0.2) is 81.9 Å². The molecule has 3 aromatic carbocycles. The minimum absolute atomic E-state index is 0.0709. The zero-order valence-electron chi connectivity index (χ0n) is 18.1. The van der Waals surface area contributed by atoms with Gasteiger partial charge in [0.05, 0.1) is 18.4 Å². The van der Waals surface area contributed by atoms with Crippen LogP contribution >= 0.6 is 15.9 Å². The van der Waals surface area contributed by atoms with Crippen LogP contribution in [0.5, 0.6) is 11.5 Å². The molecule has 1 heterocycles. The van der Waals surface area contributed by atoms with E-state index in [-0.39, 0.29) is 29.4 Å². The third-order valence-corrected chi connectivity index (χ3v) is 5.50. The van der Waals surface area contributed by atoms with Gasteiger partial charge in [0.25, 0.3) is 5.91 Å². The summed E-state index contributed by atoms with van der Waals surface area (Å²) in [5, 5.41) is 4.29. The highest BCUT2D eigenvalue weighted by Gasteiger charge is 2.46. The summed E-state index contributed by atoms with van der Waals surface area (Å²) in [4.78, 5) is 13.0. The van der Waals surface area contributed by atoms with Crippen molar-refractivity contribution in [1.29, 1.82) is 0 Å². The molecule has 0 aromatic heterocycles. The summed E-state index contributed by atoms with van der Waals surface area (Å²) < 4.78 is 66.0. The normalized spacial score (nSPS) is 14.9. The number of hydrogen-bond donors (Lipinski definition) is 0. The number of rotatable bonds is 6. The van der Waals surface area contributed by atoms with Crippen LogP contribution in [-0.4, -0.2) is 24.9 Å². The average Bonchev–Trinajstić information content (AvgIpc) is 3.15. The minimum Gasteiger partial charge on any atom is -0.493 e. The van der Waals surface area contributed by atoms with E-state index in [1.54, 1.807) is 24.3 Å². The van der Waals surface area contributed by atoms with Crippen molar-refractivity contribution in [2.45, 2.75) is 12.8 Å². The second-order valence-corrected chi connectivity index (χ2v) is 8.34. The van der Waals surface area contributed by atoms with Gasteiger partial charge >= 0.3 is 6.18 Å². The number of halogens is 5. The SMILES string of the molecule is COc1ccc(/C=C2\C(=O)N(c3cccc(Br)c3)N=C2C(F)(F)F)cc1OCc1ccc(F)cc1. The van der Waals surface area contributed by atoms with Crippen molar-refractivity contribution in [3.05, 3.63) is 93.7 Å². The van der Waals surface area contributed by atoms with Crippen LogP contribution in [0, 0.1) is 5.82 Å². The molecule has 0 atom stereocenters. The molecule has 1 aliphatic heterocycles. The number of hydrogen-bond acceptors (Lipinski definition) is 4. The minimum atomic E-state index is -4.85. The van der Waals surface area contributed by atoms with Crippen molar-refractivity contribution >= 4 is 39.3 Å². The lowest BCUT2D eigenvalue weighted by Crippen LogP contribution is -2.25. The van der Waals surface area contributed by atoms with E-state index < -0.39 is 23.4 Å². The molecule has 4 rings (SSSR count). The highest BCUT2D eigenvalue weighted by molar-refractivity contribution is 9.10. The molecule has 35 heavy (non-hydrogen) atoms. The van der Waals surface area contributed by atoms with E-state index in [1.807, 2.05) is 0 Å². The van der Waals surface area contributed by atoms with Crippen LogP contribution in [0.4, 0.5) is 23.2 Å². The zero-order chi connectivity index (χ0) is 25.2. The summed E-state index contributed by atoms with van der Waals surface area (Å²) in [6.07, 6.45) is -3.74. The standard InChI is InChI=1S/C25H17BrF4N2O3/c1-34-21-10-7-16(12-22(21)35-14-15-5-8-18(27)9-6-15)11-20-23(25(28,29)30)31-32(24(20)33)19-4-2-3-17(26)13-19/h2-13H,14H2,1H3/b20-11-. The molecule has 0 aliphatic carbocycles. The molecule has 1 amide bonds. The van der Waals surface area contributed by atoms with Crippen LogP contribution in [0.1, 0.15) is 11.1 Å². The monoisotopic (exact) mass is 548 g/mol. The third kappa shape index (κ3) is 5.54. The zero-order valence-corrected chi connectivity index (χ0v) is 19.7. The average molecular weight is 549 g/mol. The van der Waals surface area contributed by atoms with Crippen molar-refractivity contribution in [2.75, 3.05) is 12.1 Å². The lowest BCUT2D eigenvalue weighted by molar-refractivity contribution is -0.114.